The van der Waals surface area contributed by atoms with Crippen LogP contribution in [-0.4, -0.2) is 21.8 Å². The summed E-state index contributed by atoms with van der Waals surface area (Å²) in [5.41, 5.74) is 16.0. The summed E-state index contributed by atoms with van der Waals surface area (Å²) >= 11 is 0. The van der Waals surface area contributed by atoms with Gasteiger partial charge in [-0.25, -0.2) is 0 Å². The van der Waals surface area contributed by atoms with E-state index in [1.165, 1.54) is 0 Å². The number of hydrogen-bond donors (Lipinski definition) is 4. The highest BCUT2D eigenvalue weighted by Gasteiger charge is 2.24. The minimum Gasteiger partial charge on any atom is -0.505 e. The van der Waals surface area contributed by atoms with E-state index in [1.807, 2.05) is 26.0 Å². The maximum atomic E-state index is 13.6. The van der Waals surface area contributed by atoms with Crippen molar-refractivity contribution in [3.63, 3.8) is 0 Å². The van der Waals surface area contributed by atoms with Gasteiger partial charge in [-0.2, -0.15) is 0 Å². The van der Waals surface area contributed by atoms with Gasteiger partial charge in [0.2, 0.25) is 0 Å². The molecule has 0 spiro atoms. The number of anilines is 2. The van der Waals surface area contributed by atoms with Crippen molar-refractivity contribution in [2.24, 2.45) is 0 Å². The van der Waals surface area contributed by atoms with Crippen molar-refractivity contribution in [1.29, 1.82) is 0 Å². The molecule has 4 rings (SSSR count). The Morgan fingerprint density at radius 1 is 0.559 bits per heavy atom. The predicted octanol–water partition coefficient (Wildman–Crippen LogP) is 5.11. The van der Waals surface area contributed by atoms with Crippen molar-refractivity contribution in [2.45, 2.75) is 27.7 Å². The quantitative estimate of drug-likeness (QED) is 0.193. The van der Waals surface area contributed by atoms with E-state index < -0.39 is 0 Å². The van der Waals surface area contributed by atoms with Crippen LogP contribution in [-0.2, 0) is 0 Å². The topological polar surface area (TPSA) is 127 Å². The fraction of sp³-hybridized carbons (Fsp3) is 0.143. The van der Waals surface area contributed by atoms with Crippen LogP contribution in [0.2, 0.25) is 0 Å². The van der Waals surface area contributed by atoms with E-state index in [2.05, 4.69) is 0 Å². The summed E-state index contributed by atoms with van der Waals surface area (Å²) in [6, 6.07) is 13.7. The molecule has 6 heteroatoms. The number of nitrogens with two attached hydrogens (primary N) is 2. The lowest BCUT2D eigenvalue weighted by molar-refractivity contribution is 0.103. The molecule has 0 aliphatic heterocycles. The second-order valence-electron chi connectivity index (χ2n) is 8.65. The SMILES string of the molecule is Cc1ccc(C(=O)c2c(C)ccc3c(C(=O)c4ccc(C)c(O)c4N)c(C)ccc23)c(N)c1O. The Bertz CT molecular complexity index is 1400. The van der Waals surface area contributed by atoms with Gasteiger partial charge in [-0.1, -0.05) is 36.4 Å². The van der Waals surface area contributed by atoms with Crippen molar-refractivity contribution in [2.75, 3.05) is 11.5 Å². The van der Waals surface area contributed by atoms with Gasteiger partial charge in [-0.15, -0.1) is 0 Å². The highest BCUT2D eigenvalue weighted by atomic mass is 16.3. The third-order valence-electron chi connectivity index (χ3n) is 6.40. The molecule has 4 aromatic carbocycles. The number of phenols is 2. The van der Waals surface area contributed by atoms with Gasteiger partial charge in [0.1, 0.15) is 11.5 Å². The summed E-state index contributed by atoms with van der Waals surface area (Å²) < 4.78 is 0. The number of carbonyl (C=O) groups excluding carboxylic acids is 2. The number of aromatic hydroxyl groups is 2. The number of fused-ring (bicyclic) bond motifs is 1. The lowest BCUT2D eigenvalue weighted by atomic mass is 9.87. The van der Waals surface area contributed by atoms with E-state index in [0.29, 0.717) is 44.2 Å². The van der Waals surface area contributed by atoms with Gasteiger partial charge >= 0.3 is 0 Å². The Hall–Kier alpha value is -4.32. The number of ketones is 2. The number of aryl methyl sites for hydroxylation is 4. The molecule has 0 aliphatic carbocycles. The molecule has 6 nitrogen and oxygen atoms in total. The average molecular weight is 455 g/mol. The summed E-state index contributed by atoms with van der Waals surface area (Å²) in [7, 11) is 0. The first-order valence-electron chi connectivity index (χ1n) is 10.8. The first kappa shape index (κ1) is 22.9. The minimum atomic E-state index is -0.342. The molecule has 0 saturated heterocycles. The molecule has 0 amide bonds. The molecule has 0 saturated carbocycles. The summed E-state index contributed by atoms with van der Waals surface area (Å²) in [6.45, 7) is 7.04. The second kappa shape index (κ2) is 8.23. The smallest absolute Gasteiger partial charge is 0.196 e. The van der Waals surface area contributed by atoms with Crippen LogP contribution in [0.1, 0.15) is 54.1 Å². The Morgan fingerprint density at radius 2 is 0.882 bits per heavy atom. The molecular formula is C28H26N2O4. The molecule has 0 heterocycles. The second-order valence-corrected chi connectivity index (χ2v) is 8.65. The Labute approximate surface area is 197 Å². The fourth-order valence-electron chi connectivity index (χ4n) is 4.33. The lowest BCUT2D eigenvalue weighted by Gasteiger charge is -2.16. The van der Waals surface area contributed by atoms with E-state index in [9.17, 15) is 19.8 Å². The summed E-state index contributed by atoms with van der Waals surface area (Å²) in [5, 5.41) is 21.7. The molecule has 0 unspecified atom stereocenters. The van der Waals surface area contributed by atoms with Crippen LogP contribution in [0.4, 0.5) is 11.4 Å². The van der Waals surface area contributed by atoms with Gasteiger partial charge in [0.05, 0.1) is 11.4 Å². The molecule has 0 aliphatic rings. The number of phenolic OH excluding ortho intramolecular Hbond substituents is 2. The molecular weight excluding hydrogens is 428 g/mol. The maximum Gasteiger partial charge on any atom is 0.196 e. The highest BCUT2D eigenvalue weighted by Crippen LogP contribution is 2.36. The van der Waals surface area contributed by atoms with Crippen LogP contribution >= 0.6 is 0 Å². The standard InChI is InChI=1S/C28H26N2O4/c1-13-5-9-18-17(21(13)27(33)19-11-7-15(3)25(31)23(19)29)10-6-14(2)22(18)28(34)20-12-8-16(4)26(32)24(20)30/h5-12,31-32H,29-30H2,1-4H3. The van der Waals surface area contributed by atoms with Crippen LogP contribution in [0.3, 0.4) is 0 Å². The molecule has 6 N–H and O–H groups in total. The van der Waals surface area contributed by atoms with Gasteiger partial charge in [-0.3, -0.25) is 9.59 Å². The third-order valence-corrected chi connectivity index (χ3v) is 6.40. The zero-order valence-electron chi connectivity index (χ0n) is 19.5. The van der Waals surface area contributed by atoms with Gasteiger partial charge in [0.15, 0.2) is 11.6 Å². The van der Waals surface area contributed by atoms with Crippen LogP contribution in [0.25, 0.3) is 10.8 Å². The zero-order valence-corrected chi connectivity index (χ0v) is 19.5. The molecule has 34 heavy (non-hydrogen) atoms. The maximum absolute atomic E-state index is 13.6. The molecule has 0 bridgehead atoms. The number of carbonyl (C=O) groups is 2. The van der Waals surface area contributed by atoms with E-state index >= 15 is 0 Å². The summed E-state index contributed by atoms with van der Waals surface area (Å²) in [5.74, 6) is -0.925. The van der Waals surface area contributed by atoms with Crippen LogP contribution in [0.15, 0.2) is 48.5 Å². The van der Waals surface area contributed by atoms with Crippen LogP contribution in [0.5, 0.6) is 11.5 Å². The zero-order chi connectivity index (χ0) is 24.9. The number of nitrogen functional groups attached to an aromatic ring is 2. The molecule has 172 valence electrons. The van der Waals surface area contributed by atoms with E-state index in [1.54, 1.807) is 50.2 Å². The lowest BCUT2D eigenvalue weighted by Crippen LogP contribution is -2.11. The Balaban J connectivity index is 1.97. The van der Waals surface area contributed by atoms with E-state index in [-0.39, 0.29) is 45.6 Å². The van der Waals surface area contributed by atoms with Gasteiger partial charge in [-0.05, 0) is 72.9 Å². The van der Waals surface area contributed by atoms with Crippen molar-refractivity contribution in [1.82, 2.24) is 0 Å². The predicted molar refractivity (Wildman–Crippen MR) is 135 cm³/mol. The Kier molecular flexibility index (Phi) is 5.53. The average Bonchev–Trinajstić information content (AvgIpc) is 2.80. The number of benzene rings is 4. The molecule has 0 aromatic heterocycles. The largest absolute Gasteiger partial charge is 0.505 e. The third kappa shape index (κ3) is 3.44. The number of rotatable bonds is 4. The Morgan fingerprint density at radius 3 is 1.24 bits per heavy atom. The van der Waals surface area contributed by atoms with Gasteiger partial charge < -0.3 is 21.7 Å². The first-order valence-corrected chi connectivity index (χ1v) is 10.8. The molecule has 0 atom stereocenters. The van der Waals surface area contributed by atoms with E-state index in [0.717, 1.165) is 0 Å². The normalized spacial score (nSPS) is 11.1. The van der Waals surface area contributed by atoms with Crippen LogP contribution in [0, 0.1) is 27.7 Å². The fourth-order valence-corrected chi connectivity index (χ4v) is 4.33. The van der Waals surface area contributed by atoms with Crippen molar-refractivity contribution < 1.29 is 19.8 Å². The monoisotopic (exact) mass is 454 g/mol. The van der Waals surface area contributed by atoms with Crippen molar-refractivity contribution in [3.05, 3.63) is 93.0 Å². The molecule has 0 fully saturated rings. The summed E-state index contributed by atoms with van der Waals surface area (Å²) in [6.07, 6.45) is 0. The van der Waals surface area contributed by atoms with Crippen molar-refractivity contribution in [3.8, 4) is 11.5 Å². The molecule has 0 radical (unpaired) electrons. The van der Waals surface area contributed by atoms with E-state index in [4.69, 9.17) is 11.5 Å². The van der Waals surface area contributed by atoms with Crippen LogP contribution < -0.4 is 11.5 Å². The highest BCUT2D eigenvalue weighted by molar-refractivity contribution is 6.24. The van der Waals surface area contributed by atoms with Gasteiger partial charge in [0.25, 0.3) is 0 Å². The summed E-state index contributed by atoms with van der Waals surface area (Å²) in [4.78, 5) is 27.2. The van der Waals surface area contributed by atoms with Gasteiger partial charge in [0, 0.05) is 22.3 Å². The van der Waals surface area contributed by atoms with Crippen molar-refractivity contribution >= 4 is 33.7 Å². The minimum absolute atomic E-state index is 0.0210. The first-order chi connectivity index (χ1) is 16.0. The number of hydrogen-bond acceptors (Lipinski definition) is 6. The molecule has 4 aromatic rings.